The minimum Gasteiger partial charge on any atom is -0.389 e. The summed E-state index contributed by atoms with van der Waals surface area (Å²) in [5.74, 6) is 0.283. The number of amides is 1. The monoisotopic (exact) mass is 276 g/mol. The summed E-state index contributed by atoms with van der Waals surface area (Å²) >= 11 is 5.09. The summed E-state index contributed by atoms with van der Waals surface area (Å²) in [5.41, 5.74) is 7.61. The molecule has 5 nitrogen and oxygen atoms in total. The van der Waals surface area contributed by atoms with E-state index in [2.05, 4.69) is 9.88 Å². The summed E-state index contributed by atoms with van der Waals surface area (Å²) in [6.07, 6.45) is 5.12. The molecule has 2 saturated heterocycles. The highest BCUT2D eigenvalue weighted by Gasteiger charge is 2.36. The smallest absolute Gasteiger partial charge is 0.223 e. The van der Waals surface area contributed by atoms with Gasteiger partial charge in [0.15, 0.2) is 0 Å². The number of hydrogen-bond donors (Lipinski definition) is 1. The van der Waals surface area contributed by atoms with Gasteiger partial charge in [0.1, 0.15) is 4.99 Å². The molecule has 2 N–H and O–H groups in total. The van der Waals surface area contributed by atoms with Crippen molar-refractivity contribution < 1.29 is 4.79 Å². The number of carbonyl (C=O) groups is 1. The third-order valence-corrected chi connectivity index (χ3v) is 4.12. The fourth-order valence-electron chi connectivity index (χ4n) is 2.93. The average molecular weight is 276 g/mol. The van der Waals surface area contributed by atoms with Crippen LogP contribution in [0.1, 0.15) is 18.4 Å². The van der Waals surface area contributed by atoms with Crippen LogP contribution >= 0.6 is 12.2 Å². The highest BCUT2D eigenvalue weighted by molar-refractivity contribution is 7.80. The Morgan fingerprint density at radius 1 is 1.47 bits per heavy atom. The molecule has 6 heteroatoms. The lowest BCUT2D eigenvalue weighted by molar-refractivity contribution is -0.129. The van der Waals surface area contributed by atoms with Crippen LogP contribution in [0, 0.1) is 0 Å². The number of pyridine rings is 1. The molecule has 0 spiro atoms. The molecule has 0 aliphatic carbocycles. The SMILES string of the molecule is NC(=S)c1ccncc1N1CCN2C(=O)CCC2C1. The topological polar surface area (TPSA) is 62.5 Å². The Bertz CT molecular complexity index is 533. The van der Waals surface area contributed by atoms with Crippen molar-refractivity contribution in [2.75, 3.05) is 24.5 Å². The Labute approximate surface area is 117 Å². The lowest BCUT2D eigenvalue weighted by Gasteiger charge is -2.39. The molecule has 2 aliphatic heterocycles. The summed E-state index contributed by atoms with van der Waals surface area (Å²) in [5, 5.41) is 0. The van der Waals surface area contributed by atoms with Gasteiger partial charge in [0.25, 0.3) is 0 Å². The molecule has 0 radical (unpaired) electrons. The van der Waals surface area contributed by atoms with E-state index >= 15 is 0 Å². The molecule has 0 saturated carbocycles. The number of carbonyl (C=O) groups excluding carboxylic acids is 1. The van der Waals surface area contributed by atoms with Crippen molar-refractivity contribution >= 4 is 28.8 Å². The molecule has 0 bridgehead atoms. The molecule has 19 heavy (non-hydrogen) atoms. The standard InChI is InChI=1S/C13H16N4OS/c14-13(19)10-3-4-15-7-11(10)16-5-6-17-9(8-16)1-2-12(17)18/h3-4,7,9H,1-2,5-6,8H2,(H2,14,19). The fourth-order valence-corrected chi connectivity index (χ4v) is 3.10. The molecule has 1 aromatic rings. The van der Waals surface area contributed by atoms with Gasteiger partial charge in [-0.2, -0.15) is 0 Å². The minimum atomic E-state index is 0.283. The van der Waals surface area contributed by atoms with Crippen LogP contribution in [0.4, 0.5) is 5.69 Å². The van der Waals surface area contributed by atoms with Gasteiger partial charge in [0.2, 0.25) is 5.91 Å². The van der Waals surface area contributed by atoms with Crippen LogP contribution in [0.15, 0.2) is 18.5 Å². The number of nitrogens with zero attached hydrogens (tertiary/aromatic N) is 3. The number of thiocarbonyl (C=S) groups is 1. The molecular weight excluding hydrogens is 260 g/mol. The summed E-state index contributed by atoms with van der Waals surface area (Å²) in [6.45, 7) is 2.42. The molecule has 3 heterocycles. The zero-order valence-corrected chi connectivity index (χ0v) is 11.4. The minimum absolute atomic E-state index is 0.283. The normalized spacial score (nSPS) is 22.5. The summed E-state index contributed by atoms with van der Waals surface area (Å²) in [7, 11) is 0. The predicted molar refractivity (Wildman–Crippen MR) is 77.1 cm³/mol. The highest BCUT2D eigenvalue weighted by Crippen LogP contribution is 2.27. The third kappa shape index (κ3) is 2.16. The van der Waals surface area contributed by atoms with E-state index in [9.17, 15) is 4.79 Å². The summed E-state index contributed by atoms with van der Waals surface area (Å²) < 4.78 is 0. The maximum absolute atomic E-state index is 11.7. The number of rotatable bonds is 2. The molecule has 1 amide bonds. The van der Waals surface area contributed by atoms with Gasteiger partial charge in [0, 0.05) is 43.9 Å². The molecular formula is C13H16N4OS. The van der Waals surface area contributed by atoms with Crippen molar-refractivity contribution in [1.29, 1.82) is 0 Å². The molecule has 2 fully saturated rings. The Kier molecular flexibility index (Phi) is 3.10. The van der Waals surface area contributed by atoms with Crippen LogP contribution in [-0.4, -0.2) is 46.5 Å². The quantitative estimate of drug-likeness (QED) is 0.798. The molecule has 1 unspecified atom stereocenters. The molecule has 100 valence electrons. The lowest BCUT2D eigenvalue weighted by atomic mass is 10.1. The van der Waals surface area contributed by atoms with Crippen LogP contribution in [0.5, 0.6) is 0 Å². The van der Waals surface area contributed by atoms with E-state index in [0.29, 0.717) is 17.5 Å². The third-order valence-electron chi connectivity index (χ3n) is 3.90. The first-order chi connectivity index (χ1) is 9.16. The Morgan fingerprint density at radius 3 is 3.11 bits per heavy atom. The van der Waals surface area contributed by atoms with E-state index in [1.807, 2.05) is 11.0 Å². The van der Waals surface area contributed by atoms with Gasteiger partial charge < -0.3 is 15.5 Å². The second-order valence-corrected chi connectivity index (χ2v) is 5.42. The number of fused-ring (bicyclic) bond motifs is 1. The van der Waals surface area contributed by atoms with E-state index in [1.165, 1.54) is 0 Å². The largest absolute Gasteiger partial charge is 0.389 e. The van der Waals surface area contributed by atoms with Crippen LogP contribution < -0.4 is 10.6 Å². The van der Waals surface area contributed by atoms with Crippen molar-refractivity contribution in [3.63, 3.8) is 0 Å². The second-order valence-electron chi connectivity index (χ2n) is 4.98. The fraction of sp³-hybridized carbons (Fsp3) is 0.462. The van der Waals surface area contributed by atoms with E-state index < -0.39 is 0 Å². The number of anilines is 1. The zero-order valence-electron chi connectivity index (χ0n) is 10.6. The average Bonchev–Trinajstić information content (AvgIpc) is 2.80. The Morgan fingerprint density at radius 2 is 2.32 bits per heavy atom. The number of hydrogen-bond acceptors (Lipinski definition) is 4. The molecule has 3 rings (SSSR count). The van der Waals surface area contributed by atoms with Crippen molar-refractivity contribution in [3.05, 3.63) is 24.0 Å². The van der Waals surface area contributed by atoms with Crippen molar-refractivity contribution in [1.82, 2.24) is 9.88 Å². The zero-order chi connectivity index (χ0) is 13.4. The summed E-state index contributed by atoms with van der Waals surface area (Å²) in [6, 6.07) is 2.17. The van der Waals surface area contributed by atoms with Crippen LogP contribution in [0.2, 0.25) is 0 Å². The van der Waals surface area contributed by atoms with Gasteiger partial charge in [-0.25, -0.2) is 0 Å². The lowest BCUT2D eigenvalue weighted by Crippen LogP contribution is -2.51. The second kappa shape index (κ2) is 4.77. The Hall–Kier alpha value is -1.69. The summed E-state index contributed by atoms with van der Waals surface area (Å²) in [4.78, 5) is 20.5. The van der Waals surface area contributed by atoms with E-state index in [0.717, 1.165) is 37.3 Å². The number of piperazine rings is 1. The van der Waals surface area contributed by atoms with Gasteiger partial charge in [-0.1, -0.05) is 12.2 Å². The first-order valence-electron chi connectivity index (χ1n) is 6.45. The number of aromatic nitrogens is 1. The predicted octanol–water partition coefficient (Wildman–Crippen LogP) is 0.527. The van der Waals surface area contributed by atoms with E-state index in [1.54, 1.807) is 12.4 Å². The van der Waals surface area contributed by atoms with Gasteiger partial charge in [-0.05, 0) is 12.5 Å². The molecule has 0 aromatic carbocycles. The van der Waals surface area contributed by atoms with Crippen LogP contribution in [-0.2, 0) is 4.79 Å². The van der Waals surface area contributed by atoms with E-state index in [-0.39, 0.29) is 5.91 Å². The first-order valence-corrected chi connectivity index (χ1v) is 6.86. The molecule has 1 atom stereocenters. The van der Waals surface area contributed by atoms with E-state index in [4.69, 9.17) is 18.0 Å². The van der Waals surface area contributed by atoms with Gasteiger partial charge in [-0.15, -0.1) is 0 Å². The van der Waals surface area contributed by atoms with Gasteiger partial charge in [0.05, 0.1) is 11.9 Å². The first kappa shape index (κ1) is 12.3. The molecule has 2 aliphatic rings. The highest BCUT2D eigenvalue weighted by atomic mass is 32.1. The van der Waals surface area contributed by atoms with Gasteiger partial charge in [-0.3, -0.25) is 9.78 Å². The van der Waals surface area contributed by atoms with Gasteiger partial charge >= 0.3 is 0 Å². The van der Waals surface area contributed by atoms with Crippen molar-refractivity contribution in [3.8, 4) is 0 Å². The van der Waals surface area contributed by atoms with Crippen LogP contribution in [0.25, 0.3) is 0 Å². The number of nitrogens with two attached hydrogens (primary N) is 1. The molecule has 1 aromatic heterocycles. The maximum Gasteiger partial charge on any atom is 0.223 e. The Balaban J connectivity index is 1.85. The van der Waals surface area contributed by atoms with Crippen molar-refractivity contribution in [2.45, 2.75) is 18.9 Å². The van der Waals surface area contributed by atoms with Crippen LogP contribution in [0.3, 0.4) is 0 Å². The van der Waals surface area contributed by atoms with Crippen molar-refractivity contribution in [2.24, 2.45) is 5.73 Å². The maximum atomic E-state index is 11.7.